The fourth-order valence-corrected chi connectivity index (χ4v) is 3.42. The predicted molar refractivity (Wildman–Crippen MR) is 87.6 cm³/mol. The van der Waals surface area contributed by atoms with Crippen molar-refractivity contribution in [1.29, 1.82) is 5.26 Å². The maximum Gasteiger partial charge on any atom is 0.117 e. The van der Waals surface area contributed by atoms with Gasteiger partial charge < -0.3 is 9.72 Å². The molecule has 1 aliphatic carbocycles. The molecule has 4 rings (SSSR count). The molecule has 2 fully saturated rings. The Morgan fingerprint density at radius 3 is 2.74 bits per heavy atom. The molecule has 1 N–H and O–H groups in total. The molecule has 1 aromatic carbocycles. The summed E-state index contributed by atoms with van der Waals surface area (Å²) in [5.41, 5.74) is 3.06. The van der Waals surface area contributed by atoms with Crippen LogP contribution in [0.15, 0.2) is 42.6 Å². The second-order valence-corrected chi connectivity index (χ2v) is 6.64. The van der Waals surface area contributed by atoms with Crippen molar-refractivity contribution in [1.82, 2.24) is 9.88 Å². The molecule has 4 heteroatoms. The molecule has 0 unspecified atom stereocenters. The highest BCUT2D eigenvalue weighted by atomic mass is 16.5. The van der Waals surface area contributed by atoms with Crippen molar-refractivity contribution in [2.75, 3.05) is 13.1 Å². The zero-order valence-corrected chi connectivity index (χ0v) is 13.1. The molecular formula is C19H21N3O. The lowest BCUT2D eigenvalue weighted by molar-refractivity contribution is -0.0985. The Balaban J connectivity index is 1.50. The standard InChI is InChI=1S/C19H21N3O/c20-9-17-8-14(10-21-17)11-22-12-18(15-4-2-1-3-5-15)23-19(13-22)16-6-7-16/h1-5,8,10,16,18-19,21H,6-7,11-13H2/t18-,19+/m0/s1. The Bertz CT molecular complexity index is 699. The number of aromatic nitrogens is 1. The largest absolute Gasteiger partial charge is 0.367 e. The molecule has 0 radical (unpaired) electrons. The van der Waals surface area contributed by atoms with Crippen molar-refractivity contribution >= 4 is 0 Å². The van der Waals surface area contributed by atoms with Gasteiger partial charge in [-0.1, -0.05) is 30.3 Å². The summed E-state index contributed by atoms with van der Waals surface area (Å²) >= 11 is 0. The average Bonchev–Trinajstić information content (AvgIpc) is 3.36. The Morgan fingerprint density at radius 2 is 2.04 bits per heavy atom. The maximum absolute atomic E-state index is 8.96. The normalized spacial score (nSPS) is 25.2. The predicted octanol–water partition coefficient (Wildman–Crippen LogP) is 3.24. The average molecular weight is 307 g/mol. The third-order valence-corrected chi connectivity index (χ3v) is 4.79. The van der Waals surface area contributed by atoms with Gasteiger partial charge in [0.05, 0.1) is 12.2 Å². The van der Waals surface area contributed by atoms with E-state index < -0.39 is 0 Å². The number of rotatable bonds is 4. The molecule has 0 bridgehead atoms. The Hall–Kier alpha value is -2.09. The van der Waals surface area contributed by atoms with Crippen LogP contribution in [0.5, 0.6) is 0 Å². The molecule has 2 heterocycles. The van der Waals surface area contributed by atoms with E-state index in [9.17, 15) is 0 Å². The second-order valence-electron chi connectivity index (χ2n) is 6.64. The molecule has 1 saturated heterocycles. The quantitative estimate of drug-likeness (QED) is 0.943. The smallest absolute Gasteiger partial charge is 0.117 e. The SMILES string of the molecule is N#Cc1cc(CN2C[C@@H](c3ccccc3)O[C@@H](C3CC3)C2)c[nH]1. The van der Waals surface area contributed by atoms with Crippen molar-refractivity contribution in [3.63, 3.8) is 0 Å². The first kappa shape index (κ1) is 14.5. The summed E-state index contributed by atoms with van der Waals surface area (Å²) in [6, 6.07) is 14.6. The van der Waals surface area contributed by atoms with E-state index in [4.69, 9.17) is 10.00 Å². The molecule has 2 atom stereocenters. The van der Waals surface area contributed by atoms with E-state index in [2.05, 4.69) is 40.2 Å². The van der Waals surface area contributed by atoms with Crippen LogP contribution in [0.2, 0.25) is 0 Å². The minimum absolute atomic E-state index is 0.143. The number of H-pyrrole nitrogens is 1. The minimum atomic E-state index is 0.143. The van der Waals surface area contributed by atoms with Gasteiger partial charge in [-0.05, 0) is 36.0 Å². The number of nitrogens with zero attached hydrogens (tertiary/aromatic N) is 2. The molecular weight excluding hydrogens is 286 g/mol. The summed E-state index contributed by atoms with van der Waals surface area (Å²) in [6.45, 7) is 2.76. The van der Waals surface area contributed by atoms with E-state index in [-0.39, 0.29) is 6.10 Å². The molecule has 1 saturated carbocycles. The van der Waals surface area contributed by atoms with Crippen molar-refractivity contribution in [3.05, 3.63) is 59.4 Å². The van der Waals surface area contributed by atoms with Crippen LogP contribution in [0.4, 0.5) is 0 Å². The van der Waals surface area contributed by atoms with E-state index >= 15 is 0 Å². The van der Waals surface area contributed by atoms with E-state index in [0.29, 0.717) is 11.8 Å². The summed E-state index contributed by atoms with van der Waals surface area (Å²) in [4.78, 5) is 5.48. The highest BCUT2D eigenvalue weighted by Crippen LogP contribution is 2.39. The van der Waals surface area contributed by atoms with Crippen molar-refractivity contribution in [3.8, 4) is 6.07 Å². The zero-order chi connectivity index (χ0) is 15.6. The second kappa shape index (κ2) is 6.19. The molecule has 2 aromatic rings. The number of nitrogens with one attached hydrogen (secondary N) is 1. The van der Waals surface area contributed by atoms with Crippen LogP contribution in [-0.4, -0.2) is 29.1 Å². The molecule has 4 nitrogen and oxygen atoms in total. The fourth-order valence-electron chi connectivity index (χ4n) is 3.42. The van der Waals surface area contributed by atoms with Gasteiger partial charge in [0, 0.05) is 25.8 Å². The van der Waals surface area contributed by atoms with Crippen LogP contribution in [0.1, 0.15) is 35.8 Å². The van der Waals surface area contributed by atoms with E-state index in [1.54, 1.807) is 0 Å². The van der Waals surface area contributed by atoms with Gasteiger partial charge in [-0.15, -0.1) is 0 Å². The lowest BCUT2D eigenvalue weighted by Crippen LogP contribution is -2.44. The van der Waals surface area contributed by atoms with Gasteiger partial charge in [-0.3, -0.25) is 4.90 Å². The summed E-state index contributed by atoms with van der Waals surface area (Å²) < 4.78 is 6.39. The number of hydrogen-bond acceptors (Lipinski definition) is 3. The van der Waals surface area contributed by atoms with Crippen LogP contribution in [0.25, 0.3) is 0 Å². The Labute approximate surface area is 136 Å². The van der Waals surface area contributed by atoms with Gasteiger partial charge in [0.1, 0.15) is 11.8 Å². The third kappa shape index (κ3) is 3.31. The van der Waals surface area contributed by atoms with Crippen molar-refractivity contribution in [2.45, 2.75) is 31.6 Å². The molecule has 1 aromatic heterocycles. The molecule has 0 spiro atoms. The Morgan fingerprint density at radius 1 is 1.22 bits per heavy atom. The zero-order valence-electron chi connectivity index (χ0n) is 13.1. The van der Waals surface area contributed by atoms with Crippen molar-refractivity contribution < 1.29 is 4.74 Å². The van der Waals surface area contributed by atoms with Gasteiger partial charge >= 0.3 is 0 Å². The first-order chi connectivity index (χ1) is 11.3. The number of hydrogen-bond donors (Lipinski definition) is 1. The first-order valence-corrected chi connectivity index (χ1v) is 8.32. The highest BCUT2D eigenvalue weighted by molar-refractivity contribution is 5.26. The van der Waals surface area contributed by atoms with E-state index in [0.717, 1.165) is 25.6 Å². The molecule has 118 valence electrons. The van der Waals surface area contributed by atoms with E-state index in [1.807, 2.05) is 18.3 Å². The number of ether oxygens (including phenoxy) is 1. The number of nitriles is 1. The first-order valence-electron chi connectivity index (χ1n) is 8.32. The highest BCUT2D eigenvalue weighted by Gasteiger charge is 2.38. The molecule has 1 aliphatic heterocycles. The van der Waals surface area contributed by atoms with Gasteiger partial charge in [0.25, 0.3) is 0 Å². The fraction of sp³-hybridized carbons (Fsp3) is 0.421. The summed E-state index contributed by atoms with van der Waals surface area (Å²) in [5.74, 6) is 0.727. The number of benzene rings is 1. The summed E-state index contributed by atoms with van der Waals surface area (Å²) in [5, 5.41) is 8.96. The Kier molecular flexibility index (Phi) is 3.90. The van der Waals surface area contributed by atoms with Gasteiger partial charge in [-0.25, -0.2) is 0 Å². The van der Waals surface area contributed by atoms with Crippen LogP contribution in [0, 0.1) is 17.2 Å². The molecule has 23 heavy (non-hydrogen) atoms. The van der Waals surface area contributed by atoms with Crippen LogP contribution < -0.4 is 0 Å². The lowest BCUT2D eigenvalue weighted by atomic mass is 10.0. The number of morpholine rings is 1. The topological polar surface area (TPSA) is 52.1 Å². The van der Waals surface area contributed by atoms with Crippen molar-refractivity contribution in [2.24, 2.45) is 5.92 Å². The molecule has 2 aliphatic rings. The van der Waals surface area contributed by atoms with Gasteiger partial charge in [0.2, 0.25) is 0 Å². The lowest BCUT2D eigenvalue weighted by Gasteiger charge is -2.38. The molecule has 0 amide bonds. The number of aromatic amines is 1. The minimum Gasteiger partial charge on any atom is -0.367 e. The maximum atomic E-state index is 8.96. The van der Waals surface area contributed by atoms with E-state index in [1.165, 1.54) is 24.0 Å². The van der Waals surface area contributed by atoms with Gasteiger partial charge in [-0.2, -0.15) is 5.26 Å². The monoisotopic (exact) mass is 307 g/mol. The van der Waals surface area contributed by atoms with Crippen LogP contribution >= 0.6 is 0 Å². The van der Waals surface area contributed by atoms with Crippen LogP contribution in [-0.2, 0) is 11.3 Å². The van der Waals surface area contributed by atoms with Crippen LogP contribution in [0.3, 0.4) is 0 Å². The summed E-state index contributed by atoms with van der Waals surface area (Å²) in [7, 11) is 0. The van der Waals surface area contributed by atoms with Gasteiger partial charge in [0.15, 0.2) is 0 Å². The summed E-state index contributed by atoms with van der Waals surface area (Å²) in [6.07, 6.45) is 5.01. The third-order valence-electron chi connectivity index (χ3n) is 4.79.